The topological polar surface area (TPSA) is 71.1 Å². The van der Waals surface area contributed by atoms with E-state index in [0.29, 0.717) is 28.7 Å². The number of aromatic nitrogens is 1. The summed E-state index contributed by atoms with van der Waals surface area (Å²) in [7, 11) is 0. The van der Waals surface area contributed by atoms with Crippen molar-refractivity contribution in [2.45, 2.75) is 12.8 Å². The third-order valence-corrected chi connectivity index (χ3v) is 4.50. The number of nitrogens with one attached hydrogen (secondary N) is 2. The van der Waals surface area contributed by atoms with E-state index in [4.69, 9.17) is 11.6 Å². The molecule has 114 valence electrons. The third-order valence-electron chi connectivity index (χ3n) is 3.18. The van der Waals surface area contributed by atoms with Gasteiger partial charge in [0.25, 0.3) is 11.8 Å². The molecule has 5 nitrogen and oxygen atoms in total. The second-order valence-electron chi connectivity index (χ2n) is 4.73. The molecule has 1 aromatic carbocycles. The van der Waals surface area contributed by atoms with Gasteiger partial charge in [0, 0.05) is 6.54 Å². The predicted molar refractivity (Wildman–Crippen MR) is 82.1 cm³/mol. The van der Waals surface area contributed by atoms with E-state index in [9.17, 15) is 14.0 Å². The number of hydrogen-bond acceptors (Lipinski definition) is 4. The third kappa shape index (κ3) is 2.95. The van der Waals surface area contributed by atoms with E-state index in [1.807, 2.05) is 0 Å². The Morgan fingerprint density at radius 1 is 1.45 bits per heavy atom. The van der Waals surface area contributed by atoms with Gasteiger partial charge in [-0.2, -0.15) is 0 Å². The molecule has 0 unspecified atom stereocenters. The van der Waals surface area contributed by atoms with E-state index in [-0.39, 0.29) is 16.5 Å². The number of benzene rings is 1. The lowest BCUT2D eigenvalue weighted by atomic mass is 10.2. The van der Waals surface area contributed by atoms with Crippen LogP contribution in [0.4, 0.5) is 9.52 Å². The number of anilines is 1. The molecule has 0 bridgehead atoms. The van der Waals surface area contributed by atoms with Crippen molar-refractivity contribution in [1.82, 2.24) is 10.3 Å². The summed E-state index contributed by atoms with van der Waals surface area (Å²) in [5, 5.41) is 5.72. The lowest BCUT2D eigenvalue weighted by molar-refractivity contribution is 0.0958. The van der Waals surface area contributed by atoms with E-state index < -0.39 is 11.7 Å². The Hall–Kier alpha value is -1.99. The van der Waals surface area contributed by atoms with Crippen LogP contribution in [0.3, 0.4) is 0 Å². The quantitative estimate of drug-likeness (QED) is 0.883. The number of fused-ring (bicyclic) bond motifs is 1. The zero-order chi connectivity index (χ0) is 15.7. The van der Waals surface area contributed by atoms with Crippen molar-refractivity contribution in [3.63, 3.8) is 0 Å². The normalized spacial score (nSPS) is 14.0. The van der Waals surface area contributed by atoms with Gasteiger partial charge in [0.1, 0.15) is 10.7 Å². The van der Waals surface area contributed by atoms with E-state index in [1.54, 1.807) is 0 Å². The Balaban J connectivity index is 1.83. The molecule has 1 aliphatic heterocycles. The summed E-state index contributed by atoms with van der Waals surface area (Å²) in [4.78, 5) is 28.8. The van der Waals surface area contributed by atoms with Crippen LogP contribution in [0.2, 0.25) is 5.02 Å². The van der Waals surface area contributed by atoms with Gasteiger partial charge in [-0.3, -0.25) is 14.9 Å². The fraction of sp³-hybridized carbons (Fsp3) is 0.214. The molecular formula is C14H11ClFN3O2S. The van der Waals surface area contributed by atoms with Crippen molar-refractivity contribution in [3.8, 4) is 0 Å². The summed E-state index contributed by atoms with van der Waals surface area (Å²) >= 11 is 6.97. The first-order valence-corrected chi connectivity index (χ1v) is 7.78. The van der Waals surface area contributed by atoms with Crippen molar-refractivity contribution in [2.24, 2.45) is 0 Å². The number of carbonyl (C=O) groups excluding carboxylic acids is 2. The number of rotatable bonds is 2. The number of halogens is 2. The predicted octanol–water partition coefficient (Wildman–Crippen LogP) is 2.86. The Morgan fingerprint density at radius 3 is 3.05 bits per heavy atom. The summed E-state index contributed by atoms with van der Waals surface area (Å²) in [6, 6.07) is 3.53. The average molecular weight is 340 g/mol. The highest BCUT2D eigenvalue weighted by Gasteiger charge is 2.22. The summed E-state index contributed by atoms with van der Waals surface area (Å²) in [5.74, 6) is -1.18. The molecule has 0 saturated carbocycles. The van der Waals surface area contributed by atoms with Gasteiger partial charge in [-0.1, -0.05) is 22.9 Å². The zero-order valence-electron chi connectivity index (χ0n) is 11.3. The molecule has 3 rings (SSSR count). The molecule has 2 aromatic rings. The molecule has 2 heterocycles. The van der Waals surface area contributed by atoms with Crippen molar-refractivity contribution in [2.75, 3.05) is 11.9 Å². The molecule has 22 heavy (non-hydrogen) atoms. The van der Waals surface area contributed by atoms with E-state index in [0.717, 1.165) is 29.9 Å². The van der Waals surface area contributed by atoms with Gasteiger partial charge in [-0.15, -0.1) is 0 Å². The standard InChI is InChI=1S/C14H11ClFN3O2S/c15-9-6-7(16)3-4-8(9)12(20)19-14-18-10-2-1-5-17-13(21)11(10)22-14/h3-4,6H,1-2,5H2,(H,17,21)(H,18,19,20). The van der Waals surface area contributed by atoms with Gasteiger partial charge in [0.15, 0.2) is 5.13 Å². The molecular weight excluding hydrogens is 329 g/mol. The highest BCUT2D eigenvalue weighted by atomic mass is 35.5. The lowest BCUT2D eigenvalue weighted by Gasteiger charge is -2.04. The first-order valence-electron chi connectivity index (χ1n) is 6.59. The fourth-order valence-electron chi connectivity index (χ4n) is 2.13. The molecule has 8 heteroatoms. The van der Waals surface area contributed by atoms with Gasteiger partial charge < -0.3 is 5.32 Å². The number of aryl methyl sites for hydroxylation is 1. The average Bonchev–Trinajstić information content (AvgIpc) is 2.78. The summed E-state index contributed by atoms with van der Waals surface area (Å²) < 4.78 is 13.0. The van der Waals surface area contributed by atoms with Crippen molar-refractivity contribution < 1.29 is 14.0 Å². The molecule has 0 fully saturated rings. The summed E-state index contributed by atoms with van der Waals surface area (Å²) in [6.07, 6.45) is 1.48. The smallest absolute Gasteiger partial charge is 0.263 e. The number of nitrogens with zero attached hydrogens (tertiary/aromatic N) is 1. The molecule has 0 atom stereocenters. The highest BCUT2D eigenvalue weighted by Crippen LogP contribution is 2.26. The van der Waals surface area contributed by atoms with Crippen LogP contribution in [0.25, 0.3) is 0 Å². The minimum absolute atomic E-state index is 0.0216. The van der Waals surface area contributed by atoms with Crippen molar-refractivity contribution in [3.05, 3.63) is 45.2 Å². The lowest BCUT2D eigenvalue weighted by Crippen LogP contribution is -2.21. The van der Waals surface area contributed by atoms with Crippen LogP contribution in [0.5, 0.6) is 0 Å². The van der Waals surface area contributed by atoms with Crippen LogP contribution in [0.15, 0.2) is 18.2 Å². The molecule has 0 saturated heterocycles. The molecule has 1 aromatic heterocycles. The van der Waals surface area contributed by atoms with Crippen LogP contribution in [0.1, 0.15) is 32.1 Å². The molecule has 0 spiro atoms. The van der Waals surface area contributed by atoms with Crippen LogP contribution in [0, 0.1) is 5.82 Å². The highest BCUT2D eigenvalue weighted by molar-refractivity contribution is 7.17. The number of thiazole rings is 1. The zero-order valence-corrected chi connectivity index (χ0v) is 12.9. The van der Waals surface area contributed by atoms with E-state index in [1.165, 1.54) is 6.07 Å². The Morgan fingerprint density at radius 2 is 2.27 bits per heavy atom. The first kappa shape index (κ1) is 14.9. The van der Waals surface area contributed by atoms with Crippen LogP contribution in [-0.4, -0.2) is 23.3 Å². The minimum Gasteiger partial charge on any atom is -0.351 e. The maximum Gasteiger partial charge on any atom is 0.263 e. The molecule has 0 radical (unpaired) electrons. The number of hydrogen-bond donors (Lipinski definition) is 2. The second kappa shape index (κ2) is 6.02. The van der Waals surface area contributed by atoms with Gasteiger partial charge in [-0.05, 0) is 31.0 Å². The molecule has 2 amide bonds. The van der Waals surface area contributed by atoms with Gasteiger partial charge >= 0.3 is 0 Å². The maximum absolute atomic E-state index is 13.0. The monoisotopic (exact) mass is 339 g/mol. The van der Waals surface area contributed by atoms with Crippen LogP contribution in [-0.2, 0) is 6.42 Å². The molecule has 1 aliphatic rings. The van der Waals surface area contributed by atoms with Crippen molar-refractivity contribution in [1.29, 1.82) is 0 Å². The number of amides is 2. The number of carbonyl (C=O) groups is 2. The summed E-state index contributed by atoms with van der Waals surface area (Å²) in [6.45, 7) is 0.620. The summed E-state index contributed by atoms with van der Waals surface area (Å²) in [5.41, 5.74) is 0.832. The van der Waals surface area contributed by atoms with Gasteiger partial charge in [-0.25, -0.2) is 9.37 Å². The Kier molecular flexibility index (Phi) is 4.08. The Bertz CT molecular complexity index is 763. The minimum atomic E-state index is -0.515. The fourth-order valence-corrected chi connectivity index (χ4v) is 3.30. The largest absolute Gasteiger partial charge is 0.351 e. The SMILES string of the molecule is O=C(Nc1nc2c(s1)C(=O)NCCC2)c1ccc(F)cc1Cl. The van der Waals surface area contributed by atoms with Crippen LogP contribution < -0.4 is 10.6 Å². The molecule has 0 aliphatic carbocycles. The van der Waals surface area contributed by atoms with E-state index >= 15 is 0 Å². The first-order chi connectivity index (χ1) is 10.5. The van der Waals surface area contributed by atoms with Crippen LogP contribution >= 0.6 is 22.9 Å². The van der Waals surface area contributed by atoms with Gasteiger partial charge in [0.2, 0.25) is 0 Å². The molecule has 2 N–H and O–H groups in total. The Labute approximate surface area is 134 Å². The van der Waals surface area contributed by atoms with E-state index in [2.05, 4.69) is 15.6 Å². The maximum atomic E-state index is 13.0. The van der Waals surface area contributed by atoms with Crippen molar-refractivity contribution >= 4 is 39.9 Å². The second-order valence-corrected chi connectivity index (χ2v) is 6.14. The van der Waals surface area contributed by atoms with Gasteiger partial charge in [0.05, 0.1) is 16.3 Å².